The van der Waals surface area contributed by atoms with Crippen LogP contribution in [0.15, 0.2) is 18.2 Å². The van der Waals surface area contributed by atoms with Crippen LogP contribution in [0.25, 0.3) is 0 Å². The van der Waals surface area contributed by atoms with Gasteiger partial charge in [0.05, 0.1) is 18.7 Å². The highest BCUT2D eigenvalue weighted by Crippen LogP contribution is 2.30. The van der Waals surface area contributed by atoms with Gasteiger partial charge < -0.3 is 20.7 Å². The summed E-state index contributed by atoms with van der Waals surface area (Å²) in [6, 6.07) is 4.85. The highest BCUT2D eigenvalue weighted by Gasteiger charge is 2.16. The molecule has 0 bridgehead atoms. The maximum Gasteiger partial charge on any atom is 0.319 e. The molecule has 0 aromatic heterocycles. The van der Waals surface area contributed by atoms with Crippen molar-refractivity contribution in [2.24, 2.45) is 0 Å². The fraction of sp³-hybridized carbons (Fsp3) is 0.429. The Labute approximate surface area is 117 Å². The van der Waals surface area contributed by atoms with Gasteiger partial charge in [-0.1, -0.05) is 0 Å². The topological polar surface area (TPSA) is 79.5 Å². The summed E-state index contributed by atoms with van der Waals surface area (Å²) < 4.78 is 5.45. The van der Waals surface area contributed by atoms with Gasteiger partial charge in [-0.2, -0.15) is 0 Å². The molecule has 6 heteroatoms. The van der Waals surface area contributed by atoms with E-state index in [9.17, 15) is 9.59 Å². The van der Waals surface area contributed by atoms with Crippen LogP contribution in [0, 0.1) is 0 Å². The molecule has 1 aromatic rings. The largest absolute Gasteiger partial charge is 0.491 e. The number of urea groups is 1. The molecule has 1 aromatic carbocycles. The maximum atomic E-state index is 11.8. The van der Waals surface area contributed by atoms with Crippen molar-refractivity contribution < 1.29 is 14.3 Å². The average molecular weight is 277 g/mol. The number of carbonyl (C=O) groups excluding carboxylic acids is 2. The van der Waals surface area contributed by atoms with Gasteiger partial charge in [-0.15, -0.1) is 0 Å². The minimum atomic E-state index is -0.312. The lowest BCUT2D eigenvalue weighted by atomic mass is 10.1. The molecule has 6 nitrogen and oxygen atoms in total. The molecule has 1 aliphatic heterocycles. The normalized spacial score (nSPS) is 14.4. The van der Waals surface area contributed by atoms with E-state index in [-0.39, 0.29) is 17.5 Å². The van der Waals surface area contributed by atoms with E-state index in [0.717, 1.165) is 0 Å². The molecule has 3 N–H and O–H groups in total. The van der Waals surface area contributed by atoms with Crippen molar-refractivity contribution in [2.45, 2.75) is 32.7 Å². The summed E-state index contributed by atoms with van der Waals surface area (Å²) >= 11 is 0. The van der Waals surface area contributed by atoms with Crippen LogP contribution in [-0.4, -0.2) is 24.1 Å². The first-order valence-electron chi connectivity index (χ1n) is 6.49. The minimum absolute atomic E-state index is 0.0972. The van der Waals surface area contributed by atoms with Crippen LogP contribution in [-0.2, 0) is 4.79 Å². The van der Waals surface area contributed by atoms with E-state index >= 15 is 0 Å². The number of anilines is 2. The number of ether oxygens (including phenoxy) is 1. The molecule has 0 atom stereocenters. The molecule has 0 fully saturated rings. The third kappa shape index (κ3) is 3.88. The number of hydrogen-bond acceptors (Lipinski definition) is 3. The second-order valence-electron chi connectivity index (χ2n) is 5.69. The summed E-state index contributed by atoms with van der Waals surface area (Å²) in [5.74, 6) is 0.512. The Morgan fingerprint density at radius 2 is 2.10 bits per heavy atom. The molecule has 0 aliphatic carbocycles. The molecule has 0 spiro atoms. The standard InChI is InChI=1S/C14H19N3O3/c1-14(2,3)17-13(19)15-9-4-5-11-10(8-9)16-12(18)6-7-20-11/h4-5,8H,6-7H2,1-3H3,(H,16,18)(H2,15,17,19). The predicted molar refractivity (Wildman–Crippen MR) is 77.1 cm³/mol. The maximum absolute atomic E-state index is 11.8. The molecule has 1 heterocycles. The predicted octanol–water partition coefficient (Wildman–Crippen LogP) is 2.33. The van der Waals surface area contributed by atoms with E-state index in [1.54, 1.807) is 18.2 Å². The first kappa shape index (κ1) is 14.2. The summed E-state index contributed by atoms with van der Waals surface area (Å²) in [6.07, 6.45) is 0.321. The molecular formula is C14H19N3O3. The van der Waals surface area contributed by atoms with Crippen LogP contribution in [0.2, 0.25) is 0 Å². The van der Waals surface area contributed by atoms with Crippen molar-refractivity contribution in [2.75, 3.05) is 17.2 Å². The van der Waals surface area contributed by atoms with Crippen LogP contribution >= 0.6 is 0 Å². The van der Waals surface area contributed by atoms with Crippen molar-refractivity contribution >= 4 is 23.3 Å². The monoisotopic (exact) mass is 277 g/mol. The number of amides is 3. The van der Waals surface area contributed by atoms with E-state index in [4.69, 9.17) is 4.74 Å². The van der Waals surface area contributed by atoms with Gasteiger partial charge in [-0.25, -0.2) is 4.79 Å². The summed E-state index contributed by atoms with van der Waals surface area (Å²) in [6.45, 7) is 6.06. The lowest BCUT2D eigenvalue weighted by Crippen LogP contribution is -2.43. The second-order valence-corrected chi connectivity index (χ2v) is 5.69. The smallest absolute Gasteiger partial charge is 0.319 e. The third-order valence-electron chi connectivity index (χ3n) is 2.59. The van der Waals surface area contributed by atoms with E-state index in [0.29, 0.717) is 30.2 Å². The van der Waals surface area contributed by atoms with Gasteiger partial charge in [-0.05, 0) is 39.0 Å². The first-order chi connectivity index (χ1) is 9.33. The quantitative estimate of drug-likeness (QED) is 0.737. The Morgan fingerprint density at radius 1 is 1.35 bits per heavy atom. The fourth-order valence-electron chi connectivity index (χ4n) is 1.80. The van der Waals surface area contributed by atoms with Crippen molar-refractivity contribution in [3.05, 3.63) is 18.2 Å². The van der Waals surface area contributed by atoms with Gasteiger partial charge >= 0.3 is 6.03 Å². The Hall–Kier alpha value is -2.24. The number of carbonyl (C=O) groups is 2. The minimum Gasteiger partial charge on any atom is -0.491 e. The Balaban J connectivity index is 2.11. The molecule has 0 saturated carbocycles. The van der Waals surface area contributed by atoms with Gasteiger partial charge in [0.25, 0.3) is 0 Å². The van der Waals surface area contributed by atoms with Gasteiger partial charge in [0, 0.05) is 11.2 Å². The van der Waals surface area contributed by atoms with Crippen molar-refractivity contribution in [3.63, 3.8) is 0 Å². The number of rotatable bonds is 1. The SMILES string of the molecule is CC(C)(C)NC(=O)Nc1ccc2c(c1)NC(=O)CCO2. The molecule has 0 radical (unpaired) electrons. The number of nitrogens with one attached hydrogen (secondary N) is 3. The van der Waals surface area contributed by atoms with Crippen molar-refractivity contribution in [1.29, 1.82) is 0 Å². The summed E-state index contributed by atoms with van der Waals surface area (Å²) in [5.41, 5.74) is 0.852. The van der Waals surface area contributed by atoms with Gasteiger partial charge in [0.15, 0.2) is 0 Å². The average Bonchev–Trinajstić information content (AvgIpc) is 2.46. The molecule has 0 saturated heterocycles. The lowest BCUT2D eigenvalue weighted by molar-refractivity contribution is -0.116. The fourth-order valence-corrected chi connectivity index (χ4v) is 1.80. The van der Waals surface area contributed by atoms with E-state index in [1.165, 1.54) is 0 Å². The van der Waals surface area contributed by atoms with Crippen molar-refractivity contribution in [3.8, 4) is 5.75 Å². The van der Waals surface area contributed by atoms with Gasteiger partial charge in [0.1, 0.15) is 5.75 Å². The molecular weight excluding hydrogens is 258 g/mol. The Morgan fingerprint density at radius 3 is 2.80 bits per heavy atom. The number of benzene rings is 1. The molecule has 0 unspecified atom stereocenters. The summed E-state index contributed by atoms with van der Waals surface area (Å²) in [5, 5.41) is 8.28. The molecule has 1 aliphatic rings. The van der Waals surface area contributed by atoms with Crippen LogP contribution < -0.4 is 20.7 Å². The second kappa shape index (κ2) is 5.40. The lowest BCUT2D eigenvalue weighted by Gasteiger charge is -2.21. The van der Waals surface area contributed by atoms with E-state index in [2.05, 4.69) is 16.0 Å². The molecule has 2 rings (SSSR count). The van der Waals surface area contributed by atoms with Gasteiger partial charge in [-0.3, -0.25) is 4.79 Å². The number of hydrogen-bond donors (Lipinski definition) is 3. The zero-order valence-electron chi connectivity index (χ0n) is 11.9. The highest BCUT2D eigenvalue weighted by atomic mass is 16.5. The van der Waals surface area contributed by atoms with Crippen molar-refractivity contribution in [1.82, 2.24) is 5.32 Å². The summed E-state index contributed by atoms with van der Waals surface area (Å²) in [4.78, 5) is 23.3. The van der Waals surface area contributed by atoms with Crippen LogP contribution in [0.1, 0.15) is 27.2 Å². The zero-order valence-corrected chi connectivity index (χ0v) is 11.9. The zero-order chi connectivity index (χ0) is 14.8. The van der Waals surface area contributed by atoms with Crippen LogP contribution in [0.3, 0.4) is 0 Å². The molecule has 3 amide bonds. The molecule has 108 valence electrons. The van der Waals surface area contributed by atoms with Crippen LogP contribution in [0.5, 0.6) is 5.75 Å². The molecule has 20 heavy (non-hydrogen) atoms. The third-order valence-corrected chi connectivity index (χ3v) is 2.59. The first-order valence-corrected chi connectivity index (χ1v) is 6.49. The van der Waals surface area contributed by atoms with Gasteiger partial charge in [0.2, 0.25) is 5.91 Å². The highest BCUT2D eigenvalue weighted by molar-refractivity contribution is 5.95. The van der Waals surface area contributed by atoms with E-state index < -0.39 is 0 Å². The van der Waals surface area contributed by atoms with E-state index in [1.807, 2.05) is 20.8 Å². The Bertz CT molecular complexity index is 535. The van der Waals surface area contributed by atoms with Crippen LogP contribution in [0.4, 0.5) is 16.2 Å². The Kier molecular flexibility index (Phi) is 3.83. The number of fused-ring (bicyclic) bond motifs is 1. The summed E-state index contributed by atoms with van der Waals surface area (Å²) in [7, 11) is 0.